The Hall–Kier alpha value is -1.96. The van der Waals surface area contributed by atoms with Gasteiger partial charge in [-0.3, -0.25) is 0 Å². The topological polar surface area (TPSA) is 61.4 Å². The van der Waals surface area contributed by atoms with Gasteiger partial charge in [0.1, 0.15) is 0 Å². The first-order valence-electron chi connectivity index (χ1n) is 9.51. The number of hydrogen-bond acceptors (Lipinski definition) is 3. The van der Waals surface area contributed by atoms with E-state index in [1.54, 1.807) is 28.6 Å². The normalized spacial score (nSPS) is 16.0. The summed E-state index contributed by atoms with van der Waals surface area (Å²) >= 11 is 5.38. The molecule has 0 amide bonds. The van der Waals surface area contributed by atoms with Crippen molar-refractivity contribution in [1.29, 1.82) is 0 Å². The maximum absolute atomic E-state index is 12.8. The smallest absolute Gasteiger partial charge is 0.243 e. The number of rotatable bonds is 4. The molecule has 0 saturated carbocycles. The van der Waals surface area contributed by atoms with Gasteiger partial charge in [0.05, 0.1) is 4.90 Å². The molecule has 0 spiro atoms. The number of anilines is 2. The van der Waals surface area contributed by atoms with Crippen LogP contribution in [0.5, 0.6) is 0 Å². The van der Waals surface area contributed by atoms with Gasteiger partial charge in [-0.2, -0.15) is 4.31 Å². The number of nitrogens with one attached hydrogen (secondary N) is 2. The third kappa shape index (κ3) is 4.90. The van der Waals surface area contributed by atoms with Crippen LogP contribution in [0.4, 0.5) is 11.4 Å². The van der Waals surface area contributed by atoms with Crippen LogP contribution in [-0.2, 0) is 10.0 Å². The molecular formula is C21H27N3O2S2. The molecule has 7 heteroatoms. The quantitative estimate of drug-likeness (QED) is 0.716. The Labute approximate surface area is 173 Å². The van der Waals surface area contributed by atoms with Crippen molar-refractivity contribution < 1.29 is 8.42 Å². The van der Waals surface area contributed by atoms with Gasteiger partial charge in [0.15, 0.2) is 5.11 Å². The highest BCUT2D eigenvalue weighted by molar-refractivity contribution is 7.89. The van der Waals surface area contributed by atoms with Gasteiger partial charge >= 0.3 is 0 Å². The maximum Gasteiger partial charge on any atom is 0.243 e. The average molecular weight is 418 g/mol. The average Bonchev–Trinajstić information content (AvgIpc) is 2.65. The fraction of sp³-hybridized carbons (Fsp3) is 0.381. The first-order chi connectivity index (χ1) is 13.3. The predicted octanol–water partition coefficient (Wildman–Crippen LogP) is 4.53. The third-order valence-electron chi connectivity index (χ3n) is 5.12. The Balaban J connectivity index is 1.64. The van der Waals surface area contributed by atoms with E-state index in [4.69, 9.17) is 12.2 Å². The van der Waals surface area contributed by atoms with Crippen LogP contribution in [0.2, 0.25) is 0 Å². The fourth-order valence-corrected chi connectivity index (χ4v) is 5.02. The van der Waals surface area contributed by atoms with E-state index in [-0.39, 0.29) is 0 Å². The van der Waals surface area contributed by atoms with E-state index in [2.05, 4.69) is 23.6 Å². The Morgan fingerprint density at radius 1 is 1.04 bits per heavy atom. The summed E-state index contributed by atoms with van der Waals surface area (Å²) in [7, 11) is -3.43. The van der Waals surface area contributed by atoms with Gasteiger partial charge < -0.3 is 10.6 Å². The molecule has 1 aliphatic rings. The summed E-state index contributed by atoms with van der Waals surface area (Å²) in [6.45, 7) is 7.42. The van der Waals surface area contributed by atoms with E-state index in [9.17, 15) is 8.42 Å². The molecule has 1 heterocycles. The Bertz CT molecular complexity index is 948. The number of aryl methyl sites for hydroxylation is 2. The van der Waals surface area contributed by atoms with E-state index in [1.807, 2.05) is 26.0 Å². The molecule has 1 saturated heterocycles. The lowest BCUT2D eigenvalue weighted by atomic mass is 10.0. The number of nitrogens with zero attached hydrogens (tertiary/aromatic N) is 1. The first kappa shape index (κ1) is 20.8. The summed E-state index contributed by atoms with van der Waals surface area (Å²) in [6.07, 6.45) is 1.83. The second-order valence-corrected chi connectivity index (χ2v) is 9.85. The molecule has 1 aliphatic heterocycles. The van der Waals surface area contributed by atoms with Crippen molar-refractivity contribution in [1.82, 2.24) is 4.31 Å². The molecule has 28 heavy (non-hydrogen) atoms. The standard InChI is InChI=1S/C21H27N3O2S2/c1-15-10-12-24(13-11-15)28(25,26)19-7-5-18(6-8-19)22-21(27)23-20-9-4-16(2)14-17(20)3/h4-9,14-15H,10-13H2,1-3H3,(H2,22,23,27). The summed E-state index contributed by atoms with van der Waals surface area (Å²) in [5, 5.41) is 6.75. The molecule has 2 N–H and O–H groups in total. The molecule has 0 aromatic heterocycles. The molecule has 0 atom stereocenters. The zero-order chi connectivity index (χ0) is 20.3. The summed E-state index contributed by atoms with van der Waals surface area (Å²) in [6, 6.07) is 12.9. The van der Waals surface area contributed by atoms with Crippen molar-refractivity contribution >= 4 is 38.7 Å². The molecule has 5 nitrogen and oxygen atoms in total. The molecule has 2 aromatic carbocycles. The number of hydrogen-bond donors (Lipinski definition) is 2. The van der Waals surface area contributed by atoms with E-state index >= 15 is 0 Å². The van der Waals surface area contributed by atoms with E-state index in [1.165, 1.54) is 5.56 Å². The summed E-state index contributed by atoms with van der Waals surface area (Å²) in [4.78, 5) is 0.320. The van der Waals surface area contributed by atoms with Crippen LogP contribution in [0.15, 0.2) is 47.4 Å². The SMILES string of the molecule is Cc1ccc(NC(=S)Nc2ccc(S(=O)(=O)N3CCC(C)CC3)cc2)c(C)c1. The van der Waals surface area contributed by atoms with E-state index in [0.717, 1.165) is 29.8 Å². The first-order valence-corrected chi connectivity index (χ1v) is 11.4. The zero-order valence-corrected chi connectivity index (χ0v) is 18.2. The lowest BCUT2D eigenvalue weighted by Crippen LogP contribution is -2.37. The number of sulfonamides is 1. The molecule has 0 bridgehead atoms. The number of benzene rings is 2. The summed E-state index contributed by atoms with van der Waals surface area (Å²) in [5.74, 6) is 0.587. The van der Waals surface area contributed by atoms with Crippen LogP contribution in [0, 0.1) is 19.8 Å². The van der Waals surface area contributed by atoms with Gasteiger partial charge in [-0.05, 0) is 80.7 Å². The maximum atomic E-state index is 12.8. The molecule has 0 unspecified atom stereocenters. The number of thiocarbonyl (C=S) groups is 1. The Morgan fingerprint density at radius 2 is 1.68 bits per heavy atom. The van der Waals surface area contributed by atoms with Gasteiger partial charge in [-0.15, -0.1) is 0 Å². The highest BCUT2D eigenvalue weighted by Gasteiger charge is 2.27. The van der Waals surface area contributed by atoms with Gasteiger partial charge in [0.2, 0.25) is 10.0 Å². The second kappa shape index (κ2) is 8.59. The van der Waals surface area contributed by atoms with Crippen LogP contribution in [0.1, 0.15) is 30.9 Å². The highest BCUT2D eigenvalue weighted by Crippen LogP contribution is 2.24. The molecule has 0 aliphatic carbocycles. The minimum absolute atomic E-state index is 0.320. The third-order valence-corrected chi connectivity index (χ3v) is 7.24. The van der Waals surface area contributed by atoms with Crippen molar-refractivity contribution in [2.45, 2.75) is 38.5 Å². The van der Waals surface area contributed by atoms with Crippen LogP contribution in [0.3, 0.4) is 0 Å². The minimum Gasteiger partial charge on any atom is -0.332 e. The van der Waals surface area contributed by atoms with Crippen molar-refractivity contribution in [2.24, 2.45) is 5.92 Å². The Kier molecular flexibility index (Phi) is 6.37. The predicted molar refractivity (Wildman–Crippen MR) is 119 cm³/mol. The zero-order valence-electron chi connectivity index (χ0n) is 16.5. The van der Waals surface area contributed by atoms with Gasteiger partial charge in [-0.25, -0.2) is 8.42 Å². The molecule has 1 fully saturated rings. The minimum atomic E-state index is -3.43. The molecular weight excluding hydrogens is 390 g/mol. The van der Waals surface area contributed by atoms with Gasteiger partial charge in [-0.1, -0.05) is 24.6 Å². The second-order valence-electron chi connectivity index (χ2n) is 7.51. The summed E-state index contributed by atoms with van der Waals surface area (Å²) < 4.78 is 27.2. The molecule has 0 radical (unpaired) electrons. The van der Waals surface area contributed by atoms with Gasteiger partial charge in [0.25, 0.3) is 0 Å². The lowest BCUT2D eigenvalue weighted by molar-refractivity contribution is 0.288. The van der Waals surface area contributed by atoms with Crippen molar-refractivity contribution in [2.75, 3.05) is 23.7 Å². The van der Waals surface area contributed by atoms with Crippen molar-refractivity contribution in [3.8, 4) is 0 Å². The highest BCUT2D eigenvalue weighted by atomic mass is 32.2. The largest absolute Gasteiger partial charge is 0.332 e. The van der Waals surface area contributed by atoms with Crippen LogP contribution in [0.25, 0.3) is 0 Å². The monoisotopic (exact) mass is 417 g/mol. The molecule has 2 aromatic rings. The number of piperidine rings is 1. The van der Waals surface area contributed by atoms with Crippen LogP contribution < -0.4 is 10.6 Å². The molecule has 150 valence electrons. The molecule has 3 rings (SSSR count). The van der Waals surface area contributed by atoms with Crippen LogP contribution >= 0.6 is 12.2 Å². The van der Waals surface area contributed by atoms with Crippen molar-refractivity contribution in [3.63, 3.8) is 0 Å². The van der Waals surface area contributed by atoms with E-state index < -0.39 is 10.0 Å². The Morgan fingerprint density at radius 3 is 2.29 bits per heavy atom. The van der Waals surface area contributed by atoms with Gasteiger partial charge in [0, 0.05) is 24.5 Å². The van der Waals surface area contributed by atoms with Crippen LogP contribution in [-0.4, -0.2) is 30.9 Å². The lowest BCUT2D eigenvalue weighted by Gasteiger charge is -2.29. The van der Waals surface area contributed by atoms with E-state index in [0.29, 0.717) is 29.0 Å². The van der Waals surface area contributed by atoms with Crippen molar-refractivity contribution in [3.05, 3.63) is 53.6 Å². The fourth-order valence-electron chi connectivity index (χ4n) is 3.32. The summed E-state index contributed by atoms with van der Waals surface area (Å²) in [5.41, 5.74) is 4.00.